The fraction of sp³-hybridized carbons (Fsp3) is 0.407. The number of para-hydroxylation sites is 1. The SMILES string of the molecule is CCOc1ccc(CN(CCc2c[nH]c3ccccc23)C(=O)CN(CCOC)C(=O)CC)cc1. The Kier molecular flexibility index (Phi) is 9.52. The van der Waals surface area contributed by atoms with Gasteiger partial charge in [0.25, 0.3) is 0 Å². The fourth-order valence-corrected chi connectivity index (χ4v) is 3.94. The number of hydrogen-bond donors (Lipinski definition) is 1. The molecule has 0 aliphatic carbocycles. The number of nitrogens with one attached hydrogen (secondary N) is 1. The van der Waals surface area contributed by atoms with Gasteiger partial charge in [0.15, 0.2) is 0 Å². The standard InChI is InChI=1S/C27H35N3O4/c1-4-26(31)30(16-17-33-3)20-27(32)29(19-21-10-12-23(13-11-21)34-5-2)15-14-22-18-28-25-9-7-6-8-24(22)25/h6-13,18,28H,4-5,14-17,19-20H2,1-3H3. The molecule has 0 atom stereocenters. The quantitative estimate of drug-likeness (QED) is 0.414. The van der Waals surface area contributed by atoms with Crippen LogP contribution in [0.4, 0.5) is 0 Å². The molecule has 0 fully saturated rings. The molecule has 3 rings (SSSR count). The van der Waals surface area contributed by atoms with Crippen LogP contribution in [0.15, 0.2) is 54.7 Å². The summed E-state index contributed by atoms with van der Waals surface area (Å²) in [7, 11) is 1.59. The summed E-state index contributed by atoms with van der Waals surface area (Å²) in [5, 5.41) is 1.17. The summed E-state index contributed by atoms with van der Waals surface area (Å²) >= 11 is 0. The van der Waals surface area contributed by atoms with Crippen LogP contribution in [-0.2, 0) is 27.3 Å². The van der Waals surface area contributed by atoms with Gasteiger partial charge in [-0.25, -0.2) is 0 Å². The Bertz CT molecular complexity index is 1060. The first-order valence-corrected chi connectivity index (χ1v) is 11.9. The average Bonchev–Trinajstić information content (AvgIpc) is 3.28. The van der Waals surface area contributed by atoms with Gasteiger partial charge in [-0.05, 0) is 42.7 Å². The Hall–Kier alpha value is -3.32. The molecule has 1 N–H and O–H groups in total. The summed E-state index contributed by atoms with van der Waals surface area (Å²) in [5.74, 6) is 0.678. The first-order chi connectivity index (χ1) is 16.5. The minimum atomic E-state index is -0.0772. The maximum Gasteiger partial charge on any atom is 0.242 e. The second-order valence-electron chi connectivity index (χ2n) is 8.16. The third-order valence-corrected chi connectivity index (χ3v) is 5.83. The van der Waals surface area contributed by atoms with Crippen molar-refractivity contribution in [3.8, 4) is 5.75 Å². The third-order valence-electron chi connectivity index (χ3n) is 5.83. The van der Waals surface area contributed by atoms with Gasteiger partial charge in [0.1, 0.15) is 5.75 Å². The Morgan fingerprint density at radius 3 is 2.41 bits per heavy atom. The predicted octanol–water partition coefficient (Wildman–Crippen LogP) is 4.02. The third kappa shape index (κ3) is 6.84. The van der Waals surface area contributed by atoms with Crippen molar-refractivity contribution >= 4 is 22.7 Å². The number of nitrogens with zero attached hydrogens (tertiary/aromatic N) is 2. The molecule has 3 aromatic rings. The molecule has 0 unspecified atom stereocenters. The molecule has 0 saturated carbocycles. The summed E-state index contributed by atoms with van der Waals surface area (Å²) in [6.07, 6.45) is 3.08. The molecule has 0 bridgehead atoms. The minimum Gasteiger partial charge on any atom is -0.494 e. The van der Waals surface area contributed by atoms with Crippen molar-refractivity contribution in [1.82, 2.24) is 14.8 Å². The van der Waals surface area contributed by atoms with E-state index in [1.807, 2.05) is 60.5 Å². The van der Waals surface area contributed by atoms with Gasteiger partial charge in [0, 0.05) is 50.3 Å². The summed E-state index contributed by atoms with van der Waals surface area (Å²) in [5.41, 5.74) is 3.27. The van der Waals surface area contributed by atoms with Gasteiger partial charge in [-0.1, -0.05) is 37.3 Å². The highest BCUT2D eigenvalue weighted by atomic mass is 16.5. The highest BCUT2D eigenvalue weighted by molar-refractivity contribution is 5.85. The lowest BCUT2D eigenvalue weighted by Gasteiger charge is -2.28. The van der Waals surface area contributed by atoms with Crippen molar-refractivity contribution < 1.29 is 19.1 Å². The number of rotatable bonds is 13. The number of carbonyl (C=O) groups excluding carboxylic acids is 2. The van der Waals surface area contributed by atoms with Gasteiger partial charge in [-0.3, -0.25) is 9.59 Å². The summed E-state index contributed by atoms with van der Waals surface area (Å²) in [6, 6.07) is 16.0. The maximum absolute atomic E-state index is 13.4. The normalized spacial score (nSPS) is 10.9. The molecular weight excluding hydrogens is 430 g/mol. The van der Waals surface area contributed by atoms with Crippen molar-refractivity contribution in [2.24, 2.45) is 0 Å². The van der Waals surface area contributed by atoms with E-state index in [1.54, 1.807) is 18.9 Å². The zero-order chi connectivity index (χ0) is 24.3. The van der Waals surface area contributed by atoms with Gasteiger partial charge < -0.3 is 24.3 Å². The number of carbonyl (C=O) groups is 2. The Morgan fingerprint density at radius 1 is 0.941 bits per heavy atom. The molecule has 7 heteroatoms. The molecular formula is C27H35N3O4. The molecule has 0 aliphatic rings. The predicted molar refractivity (Wildman–Crippen MR) is 134 cm³/mol. The molecule has 1 aromatic heterocycles. The van der Waals surface area contributed by atoms with Crippen LogP contribution in [0, 0.1) is 0 Å². The van der Waals surface area contributed by atoms with E-state index in [4.69, 9.17) is 9.47 Å². The molecule has 2 aromatic carbocycles. The molecule has 0 saturated heterocycles. The van der Waals surface area contributed by atoms with E-state index in [2.05, 4.69) is 11.1 Å². The van der Waals surface area contributed by atoms with Crippen molar-refractivity contribution in [1.29, 1.82) is 0 Å². The Balaban J connectivity index is 1.76. The van der Waals surface area contributed by atoms with Gasteiger partial charge in [0.05, 0.1) is 19.8 Å². The number of fused-ring (bicyclic) bond motifs is 1. The van der Waals surface area contributed by atoms with Gasteiger partial charge >= 0.3 is 0 Å². The lowest BCUT2D eigenvalue weighted by Crippen LogP contribution is -2.44. The highest BCUT2D eigenvalue weighted by Gasteiger charge is 2.21. The van der Waals surface area contributed by atoms with Crippen LogP contribution in [0.25, 0.3) is 10.9 Å². The van der Waals surface area contributed by atoms with Crippen LogP contribution in [0.5, 0.6) is 5.75 Å². The van der Waals surface area contributed by atoms with Crippen molar-refractivity contribution in [2.75, 3.05) is 40.0 Å². The molecule has 7 nitrogen and oxygen atoms in total. The Labute approximate surface area is 201 Å². The van der Waals surface area contributed by atoms with Crippen LogP contribution < -0.4 is 4.74 Å². The number of methoxy groups -OCH3 is 1. The van der Waals surface area contributed by atoms with E-state index < -0.39 is 0 Å². The van der Waals surface area contributed by atoms with E-state index in [-0.39, 0.29) is 18.4 Å². The number of H-pyrrole nitrogens is 1. The lowest BCUT2D eigenvalue weighted by molar-refractivity contribution is -0.141. The molecule has 0 spiro atoms. The van der Waals surface area contributed by atoms with E-state index in [1.165, 1.54) is 10.9 Å². The van der Waals surface area contributed by atoms with Crippen LogP contribution in [0.1, 0.15) is 31.4 Å². The molecule has 34 heavy (non-hydrogen) atoms. The van der Waals surface area contributed by atoms with E-state index in [9.17, 15) is 9.59 Å². The van der Waals surface area contributed by atoms with E-state index in [0.717, 1.165) is 16.8 Å². The number of benzene rings is 2. The highest BCUT2D eigenvalue weighted by Crippen LogP contribution is 2.19. The number of ether oxygens (including phenoxy) is 2. The fourth-order valence-electron chi connectivity index (χ4n) is 3.94. The maximum atomic E-state index is 13.4. The van der Waals surface area contributed by atoms with Gasteiger partial charge in [-0.15, -0.1) is 0 Å². The topological polar surface area (TPSA) is 74.9 Å². The van der Waals surface area contributed by atoms with E-state index >= 15 is 0 Å². The first kappa shape index (κ1) is 25.3. The van der Waals surface area contributed by atoms with Crippen molar-refractivity contribution in [3.63, 3.8) is 0 Å². The number of aromatic nitrogens is 1. The molecule has 2 amide bonds. The molecule has 182 valence electrons. The second kappa shape index (κ2) is 12.8. The number of amides is 2. The second-order valence-corrected chi connectivity index (χ2v) is 8.16. The van der Waals surface area contributed by atoms with Crippen LogP contribution in [0.3, 0.4) is 0 Å². The Morgan fingerprint density at radius 2 is 1.71 bits per heavy atom. The van der Waals surface area contributed by atoms with E-state index in [0.29, 0.717) is 45.7 Å². The minimum absolute atomic E-state index is 0.0426. The monoisotopic (exact) mass is 465 g/mol. The van der Waals surface area contributed by atoms with Crippen LogP contribution in [0.2, 0.25) is 0 Å². The van der Waals surface area contributed by atoms with Crippen LogP contribution in [-0.4, -0.2) is 66.6 Å². The van der Waals surface area contributed by atoms with Gasteiger partial charge in [0.2, 0.25) is 11.8 Å². The number of aromatic amines is 1. The van der Waals surface area contributed by atoms with Gasteiger partial charge in [-0.2, -0.15) is 0 Å². The molecule has 0 radical (unpaired) electrons. The summed E-state index contributed by atoms with van der Waals surface area (Å²) in [6.45, 7) is 6.21. The smallest absolute Gasteiger partial charge is 0.242 e. The van der Waals surface area contributed by atoms with Crippen molar-refractivity contribution in [2.45, 2.75) is 33.2 Å². The molecule has 1 heterocycles. The average molecular weight is 466 g/mol. The lowest BCUT2D eigenvalue weighted by atomic mass is 10.1. The van der Waals surface area contributed by atoms with Crippen LogP contribution >= 0.6 is 0 Å². The zero-order valence-corrected chi connectivity index (χ0v) is 20.4. The summed E-state index contributed by atoms with van der Waals surface area (Å²) in [4.78, 5) is 32.5. The first-order valence-electron chi connectivity index (χ1n) is 11.9. The largest absolute Gasteiger partial charge is 0.494 e. The van der Waals surface area contributed by atoms with Crippen molar-refractivity contribution in [3.05, 3.63) is 65.9 Å². The summed E-state index contributed by atoms with van der Waals surface area (Å²) < 4.78 is 10.7. The number of hydrogen-bond acceptors (Lipinski definition) is 4. The molecule has 0 aliphatic heterocycles. The zero-order valence-electron chi connectivity index (χ0n) is 20.4.